The molecule has 0 aliphatic rings. The molecule has 0 unspecified atom stereocenters. The quantitative estimate of drug-likeness (QED) is 0.789. The highest BCUT2D eigenvalue weighted by Gasteiger charge is 2.00. The Bertz CT molecular complexity index is 508. The predicted octanol–water partition coefficient (Wildman–Crippen LogP) is 2.45. The molecule has 0 radical (unpaired) electrons. The number of hydrogen-bond donors (Lipinski definition) is 1. The van der Waals surface area contributed by atoms with Crippen LogP contribution < -0.4 is 10.1 Å². The molecule has 2 aromatic rings. The predicted molar refractivity (Wildman–Crippen MR) is 78.3 cm³/mol. The summed E-state index contributed by atoms with van der Waals surface area (Å²) in [5, 5.41) is 2.28. The first-order chi connectivity index (χ1) is 9.25. The molecule has 2 rings (SSSR count). The van der Waals surface area contributed by atoms with Crippen molar-refractivity contribution in [2.45, 2.75) is 20.4 Å². The van der Waals surface area contributed by atoms with Crippen molar-refractivity contribution in [2.75, 3.05) is 13.2 Å². The van der Waals surface area contributed by atoms with Crippen LogP contribution in [0.1, 0.15) is 16.7 Å². The molecule has 2 N–H and O–H groups in total. The number of nitrogens with two attached hydrogens (primary N) is 1. The van der Waals surface area contributed by atoms with Gasteiger partial charge >= 0.3 is 0 Å². The molecule has 0 bridgehead atoms. The maximum Gasteiger partial charge on any atom is 0.137 e. The summed E-state index contributed by atoms with van der Waals surface area (Å²) >= 11 is 0. The van der Waals surface area contributed by atoms with Gasteiger partial charge in [-0.05, 0) is 25.5 Å². The standard InChI is InChI=1S/C17H21NO/c1-14-8-9-17(15(2)12-14)19-11-10-18-13-16-6-4-3-5-7-16/h3-9,12,18H,10-11,13H2,1-2H3/p+1. The van der Waals surface area contributed by atoms with Gasteiger partial charge in [-0.15, -0.1) is 0 Å². The lowest BCUT2D eigenvalue weighted by molar-refractivity contribution is -0.671. The zero-order valence-electron chi connectivity index (χ0n) is 11.7. The minimum Gasteiger partial charge on any atom is -0.487 e. The summed E-state index contributed by atoms with van der Waals surface area (Å²) in [5.74, 6) is 0.999. The van der Waals surface area contributed by atoms with Gasteiger partial charge in [0.1, 0.15) is 25.4 Å². The highest BCUT2D eigenvalue weighted by molar-refractivity contribution is 5.35. The van der Waals surface area contributed by atoms with Gasteiger partial charge in [0, 0.05) is 5.56 Å². The van der Waals surface area contributed by atoms with E-state index in [1.54, 1.807) is 0 Å². The summed E-state index contributed by atoms with van der Waals surface area (Å²) in [6.45, 7) is 6.93. The van der Waals surface area contributed by atoms with Crippen molar-refractivity contribution >= 4 is 0 Å². The van der Waals surface area contributed by atoms with Crippen molar-refractivity contribution in [1.82, 2.24) is 0 Å². The zero-order valence-corrected chi connectivity index (χ0v) is 11.7. The summed E-state index contributed by atoms with van der Waals surface area (Å²) in [7, 11) is 0. The number of ether oxygens (including phenoxy) is 1. The largest absolute Gasteiger partial charge is 0.487 e. The van der Waals surface area contributed by atoms with Crippen LogP contribution in [0.2, 0.25) is 0 Å². The Labute approximate surface area is 115 Å². The van der Waals surface area contributed by atoms with Crippen LogP contribution in [0.25, 0.3) is 0 Å². The normalized spacial score (nSPS) is 10.4. The van der Waals surface area contributed by atoms with E-state index in [4.69, 9.17) is 4.74 Å². The third kappa shape index (κ3) is 4.42. The lowest BCUT2D eigenvalue weighted by Gasteiger charge is -2.09. The second-order valence-corrected chi connectivity index (χ2v) is 4.88. The average Bonchev–Trinajstić information content (AvgIpc) is 2.42. The maximum absolute atomic E-state index is 5.80. The van der Waals surface area contributed by atoms with Gasteiger partial charge in [0.25, 0.3) is 0 Å². The van der Waals surface area contributed by atoms with Gasteiger partial charge in [-0.1, -0.05) is 48.0 Å². The third-order valence-corrected chi connectivity index (χ3v) is 3.13. The van der Waals surface area contributed by atoms with Crippen molar-refractivity contribution in [3.05, 3.63) is 65.2 Å². The van der Waals surface area contributed by atoms with Crippen LogP contribution in [-0.2, 0) is 6.54 Å². The van der Waals surface area contributed by atoms with Crippen molar-refractivity contribution in [3.63, 3.8) is 0 Å². The average molecular weight is 256 g/mol. The molecule has 0 aliphatic carbocycles. The van der Waals surface area contributed by atoms with Gasteiger partial charge in [-0.2, -0.15) is 0 Å². The topological polar surface area (TPSA) is 25.8 Å². The maximum atomic E-state index is 5.80. The van der Waals surface area contributed by atoms with E-state index >= 15 is 0 Å². The van der Waals surface area contributed by atoms with E-state index in [0.29, 0.717) is 0 Å². The molecule has 2 heteroatoms. The van der Waals surface area contributed by atoms with E-state index in [2.05, 4.69) is 61.6 Å². The van der Waals surface area contributed by atoms with E-state index in [-0.39, 0.29) is 0 Å². The second-order valence-electron chi connectivity index (χ2n) is 4.88. The minimum absolute atomic E-state index is 0.747. The molecule has 0 atom stereocenters. The summed E-state index contributed by atoms with van der Waals surface area (Å²) in [6.07, 6.45) is 0. The van der Waals surface area contributed by atoms with Crippen LogP contribution in [0, 0.1) is 13.8 Å². The van der Waals surface area contributed by atoms with E-state index in [1.807, 2.05) is 6.07 Å². The summed E-state index contributed by atoms with van der Waals surface area (Å²) in [6, 6.07) is 16.8. The van der Waals surface area contributed by atoms with Crippen LogP contribution in [-0.4, -0.2) is 13.2 Å². The van der Waals surface area contributed by atoms with Crippen molar-refractivity contribution in [3.8, 4) is 5.75 Å². The van der Waals surface area contributed by atoms with E-state index in [0.717, 1.165) is 25.4 Å². The third-order valence-electron chi connectivity index (χ3n) is 3.13. The van der Waals surface area contributed by atoms with Crippen LogP contribution in [0.15, 0.2) is 48.5 Å². The molecule has 0 heterocycles. The first-order valence-corrected chi connectivity index (χ1v) is 6.81. The monoisotopic (exact) mass is 256 g/mol. The van der Waals surface area contributed by atoms with Gasteiger partial charge in [-0.25, -0.2) is 0 Å². The number of rotatable bonds is 6. The molecular weight excluding hydrogens is 234 g/mol. The molecule has 19 heavy (non-hydrogen) atoms. The molecule has 0 aliphatic heterocycles. The SMILES string of the molecule is Cc1ccc(OCC[NH2+]Cc2ccccc2)c(C)c1. The van der Waals surface area contributed by atoms with Gasteiger partial charge < -0.3 is 10.1 Å². The van der Waals surface area contributed by atoms with Crippen LogP contribution in [0.4, 0.5) is 0 Å². The highest BCUT2D eigenvalue weighted by atomic mass is 16.5. The first-order valence-electron chi connectivity index (χ1n) is 6.81. The summed E-state index contributed by atoms with van der Waals surface area (Å²) in [4.78, 5) is 0. The summed E-state index contributed by atoms with van der Waals surface area (Å²) < 4.78 is 5.80. The minimum atomic E-state index is 0.747. The molecular formula is C17H22NO+. The Balaban J connectivity index is 1.69. The molecule has 0 saturated carbocycles. The molecule has 100 valence electrons. The van der Waals surface area contributed by atoms with Crippen molar-refractivity contribution in [2.24, 2.45) is 0 Å². The van der Waals surface area contributed by atoms with Crippen molar-refractivity contribution in [1.29, 1.82) is 0 Å². The summed E-state index contributed by atoms with van der Waals surface area (Å²) in [5.41, 5.74) is 3.84. The highest BCUT2D eigenvalue weighted by Crippen LogP contribution is 2.18. The Morgan fingerprint density at radius 2 is 1.79 bits per heavy atom. The lowest BCUT2D eigenvalue weighted by atomic mass is 10.1. The van der Waals surface area contributed by atoms with Crippen LogP contribution in [0.5, 0.6) is 5.75 Å². The molecule has 0 amide bonds. The van der Waals surface area contributed by atoms with E-state index in [1.165, 1.54) is 16.7 Å². The Kier molecular flexibility index (Phi) is 4.99. The van der Waals surface area contributed by atoms with E-state index < -0.39 is 0 Å². The van der Waals surface area contributed by atoms with Gasteiger partial charge in [0.05, 0.1) is 0 Å². The van der Waals surface area contributed by atoms with Crippen LogP contribution in [0.3, 0.4) is 0 Å². The Hall–Kier alpha value is -1.80. The smallest absolute Gasteiger partial charge is 0.137 e. The molecule has 0 fully saturated rings. The lowest BCUT2D eigenvalue weighted by Crippen LogP contribution is -2.83. The first kappa shape index (κ1) is 13.6. The second kappa shape index (κ2) is 6.95. The van der Waals surface area contributed by atoms with Gasteiger partial charge in [0.2, 0.25) is 0 Å². The molecule has 0 aromatic heterocycles. The molecule has 2 nitrogen and oxygen atoms in total. The zero-order chi connectivity index (χ0) is 13.5. The Morgan fingerprint density at radius 3 is 2.53 bits per heavy atom. The Morgan fingerprint density at radius 1 is 1.00 bits per heavy atom. The fraction of sp³-hybridized carbons (Fsp3) is 0.294. The fourth-order valence-corrected chi connectivity index (χ4v) is 2.10. The van der Waals surface area contributed by atoms with Gasteiger partial charge in [0.15, 0.2) is 0 Å². The molecule has 0 spiro atoms. The van der Waals surface area contributed by atoms with Crippen molar-refractivity contribution < 1.29 is 10.1 Å². The molecule has 0 saturated heterocycles. The fourth-order valence-electron chi connectivity index (χ4n) is 2.10. The van der Waals surface area contributed by atoms with Gasteiger partial charge in [-0.3, -0.25) is 0 Å². The molecule has 2 aromatic carbocycles. The van der Waals surface area contributed by atoms with Crippen LogP contribution >= 0.6 is 0 Å². The number of quaternary nitrogens is 1. The number of aryl methyl sites for hydroxylation is 2. The number of hydrogen-bond acceptors (Lipinski definition) is 1. The van der Waals surface area contributed by atoms with E-state index in [9.17, 15) is 0 Å². The number of benzene rings is 2.